The van der Waals surface area contributed by atoms with E-state index in [0.29, 0.717) is 51.1 Å². The number of ether oxygens (including phenoxy) is 5. The molecule has 24 nitrogen and oxygen atoms in total. The summed E-state index contributed by atoms with van der Waals surface area (Å²) in [4.78, 5) is 41.3. The SMILES string of the molecule is COCCN1/C(=C/C=C(/C=C/C2=[N+](CCOC)c3ccc4c(S(=O)(=O)O)cc(S(=O)(=O)[O-])cc4c3C2(C)CCOC)Oc2ccc(C(=O)ON3C(=O)CCC3=O)cc2)C(C)(CCOC)c2c1ccc1c(S(=O)(=O)O)cc(S(=O)(=O)O)cc21. The molecule has 2 amide bonds. The van der Waals surface area contributed by atoms with Crippen molar-refractivity contribution < 1.29 is 99.4 Å². The Morgan fingerprint density at radius 1 is 0.671 bits per heavy atom. The van der Waals surface area contributed by atoms with E-state index >= 15 is 0 Å². The van der Waals surface area contributed by atoms with Crippen LogP contribution in [0.5, 0.6) is 5.75 Å². The summed E-state index contributed by atoms with van der Waals surface area (Å²) in [6, 6.07) is 14.9. The summed E-state index contributed by atoms with van der Waals surface area (Å²) in [7, 11) is -14.7. The number of carbonyl (C=O) groups excluding carboxylic acids is 3. The normalized spacial score (nSPS) is 19.4. The van der Waals surface area contributed by atoms with Crippen LogP contribution in [0.3, 0.4) is 0 Å². The zero-order valence-electron chi connectivity index (χ0n) is 45.0. The van der Waals surface area contributed by atoms with E-state index in [2.05, 4.69) is 0 Å². The average Bonchev–Trinajstić information content (AvgIpc) is 2.25. The summed E-state index contributed by atoms with van der Waals surface area (Å²) in [6.45, 7) is 4.32. The van der Waals surface area contributed by atoms with E-state index in [0.717, 1.165) is 12.1 Å². The topological polar surface area (TPSA) is 336 Å². The minimum atomic E-state index is -5.31. The lowest BCUT2D eigenvalue weighted by Crippen LogP contribution is -2.33. The number of hydrogen-bond acceptors (Lipinski definition) is 19. The van der Waals surface area contributed by atoms with Crippen LogP contribution in [0.15, 0.2) is 128 Å². The van der Waals surface area contributed by atoms with Gasteiger partial charge in [-0.3, -0.25) is 23.2 Å². The fourth-order valence-electron chi connectivity index (χ4n) is 10.7. The molecule has 5 aromatic carbocycles. The molecule has 28 heteroatoms. The number of imide groups is 1. The van der Waals surface area contributed by atoms with Gasteiger partial charge >= 0.3 is 5.97 Å². The Morgan fingerprint density at radius 3 is 1.78 bits per heavy atom. The van der Waals surface area contributed by atoms with Gasteiger partial charge < -0.3 is 38.0 Å². The second kappa shape index (κ2) is 23.5. The highest BCUT2D eigenvalue weighted by Gasteiger charge is 2.50. The maximum absolute atomic E-state index is 13.2. The first-order chi connectivity index (χ1) is 38.5. The highest BCUT2D eigenvalue weighted by atomic mass is 32.2. The fourth-order valence-corrected chi connectivity index (χ4v) is 13.4. The summed E-state index contributed by atoms with van der Waals surface area (Å²) < 4.78 is 177. The maximum atomic E-state index is 13.2. The minimum absolute atomic E-state index is 0.0209. The van der Waals surface area contributed by atoms with E-state index < -0.39 is 88.7 Å². The van der Waals surface area contributed by atoms with Crippen molar-refractivity contribution in [2.24, 2.45) is 0 Å². The summed E-state index contributed by atoms with van der Waals surface area (Å²) in [5.74, 6) is -2.18. The third-order valence-electron chi connectivity index (χ3n) is 14.6. The molecule has 438 valence electrons. The van der Waals surface area contributed by atoms with Gasteiger partial charge in [0.2, 0.25) is 5.69 Å². The van der Waals surface area contributed by atoms with Crippen molar-refractivity contribution in [2.75, 3.05) is 72.9 Å². The van der Waals surface area contributed by atoms with Crippen molar-refractivity contribution >= 4 is 96.9 Å². The van der Waals surface area contributed by atoms with E-state index in [4.69, 9.17) is 28.5 Å². The molecule has 3 aliphatic rings. The molecule has 0 bridgehead atoms. The molecule has 3 heterocycles. The van der Waals surface area contributed by atoms with Gasteiger partial charge in [0, 0.05) is 106 Å². The van der Waals surface area contributed by atoms with E-state index in [9.17, 15) is 66.3 Å². The molecule has 2 unspecified atom stereocenters. The zero-order chi connectivity index (χ0) is 59.9. The number of allylic oxidation sites excluding steroid dienone is 5. The molecule has 1 fully saturated rings. The van der Waals surface area contributed by atoms with Gasteiger partial charge in [-0.2, -0.15) is 29.8 Å². The lowest BCUT2D eigenvalue weighted by atomic mass is 9.74. The summed E-state index contributed by atoms with van der Waals surface area (Å²) >= 11 is 0. The molecule has 82 heavy (non-hydrogen) atoms. The first-order valence-corrected chi connectivity index (χ1v) is 30.7. The number of anilines is 1. The number of rotatable bonds is 23. The third kappa shape index (κ3) is 12.0. The highest BCUT2D eigenvalue weighted by Crippen LogP contribution is 2.54. The number of carbonyl (C=O) groups is 3. The van der Waals surface area contributed by atoms with Gasteiger partial charge in [0.1, 0.15) is 38.0 Å². The molecular weight excluding hydrogens is 1150 g/mol. The van der Waals surface area contributed by atoms with Gasteiger partial charge in [-0.1, -0.05) is 6.07 Å². The number of methoxy groups -OCH3 is 4. The van der Waals surface area contributed by atoms with Crippen LogP contribution in [0.1, 0.15) is 61.0 Å². The maximum Gasteiger partial charge on any atom is 0.363 e. The molecule has 0 aromatic heterocycles. The Kier molecular flexibility index (Phi) is 17.5. The van der Waals surface area contributed by atoms with Crippen molar-refractivity contribution in [3.63, 3.8) is 0 Å². The third-order valence-corrected chi connectivity index (χ3v) is 18.0. The largest absolute Gasteiger partial charge is 0.744 e. The second-order valence-corrected chi connectivity index (χ2v) is 25.3. The number of amides is 2. The predicted octanol–water partition coefficient (Wildman–Crippen LogP) is 5.76. The lowest BCUT2D eigenvalue weighted by Gasteiger charge is -2.30. The predicted molar refractivity (Wildman–Crippen MR) is 293 cm³/mol. The lowest BCUT2D eigenvalue weighted by molar-refractivity contribution is -0.441. The molecule has 3 aliphatic heterocycles. The molecule has 2 atom stereocenters. The monoisotopic (exact) mass is 1210 g/mol. The Hall–Kier alpha value is -6.80. The highest BCUT2D eigenvalue weighted by molar-refractivity contribution is 7.87. The first kappa shape index (κ1) is 61.3. The van der Waals surface area contributed by atoms with Crippen LogP contribution >= 0.6 is 0 Å². The summed E-state index contributed by atoms with van der Waals surface area (Å²) in [5, 5.41) is 0.341. The van der Waals surface area contributed by atoms with Crippen molar-refractivity contribution in [3.05, 3.63) is 125 Å². The standard InChI is InChI=1S/C54H57N3O21S4/c1-53(21-25-73-3)46(55(23-27-75-5)42-15-13-38-40(50(42)53)29-36(79(61,62)63)31-44(38)81(67,68)69)17-11-35(77-34-9-7-33(8-10-34)52(60)78-57-48(58)19-20-49(57)59)12-18-47-54(2,22-26-74-4)51-41-30-37(80(64,65)66)32-45(82(70,71)72)39(41)14-16-43(51)56(47)24-28-76-6/h7-18,29-32H,19-28H2,1-6H3,(H3-,61,62,63,64,65,66,67,68,69,70,71,72). The number of hydrogen-bond donors (Lipinski definition) is 3. The second-order valence-electron chi connectivity index (χ2n) is 19.7. The summed E-state index contributed by atoms with van der Waals surface area (Å²) in [5.41, 5.74) is 0.177. The van der Waals surface area contributed by atoms with Crippen LogP contribution in [-0.2, 0) is 84.7 Å². The molecule has 1 saturated heterocycles. The quantitative estimate of drug-likeness (QED) is 0.0230. The van der Waals surface area contributed by atoms with Crippen molar-refractivity contribution in [3.8, 4) is 5.75 Å². The molecule has 3 N–H and O–H groups in total. The van der Waals surface area contributed by atoms with Gasteiger partial charge in [-0.15, -0.1) is 5.06 Å². The van der Waals surface area contributed by atoms with Crippen LogP contribution in [0.4, 0.5) is 11.4 Å². The number of hydroxylamine groups is 2. The number of benzene rings is 5. The van der Waals surface area contributed by atoms with Crippen molar-refractivity contribution in [1.82, 2.24) is 5.06 Å². The van der Waals surface area contributed by atoms with Crippen LogP contribution in [0.25, 0.3) is 21.5 Å². The fraction of sp³-hybridized carbons (Fsp3) is 0.333. The van der Waals surface area contributed by atoms with Gasteiger partial charge in [-0.25, -0.2) is 13.2 Å². The molecule has 0 radical (unpaired) electrons. The van der Waals surface area contributed by atoms with Crippen LogP contribution < -0.4 is 9.64 Å². The van der Waals surface area contributed by atoms with Crippen LogP contribution in [-0.4, -0.2) is 153 Å². The van der Waals surface area contributed by atoms with Gasteiger partial charge in [0.05, 0.1) is 27.4 Å². The zero-order valence-corrected chi connectivity index (χ0v) is 48.2. The number of nitrogens with zero attached hydrogens (tertiary/aromatic N) is 3. The molecular formula is C54H57N3O21S4. The van der Waals surface area contributed by atoms with Gasteiger partial charge in [0.15, 0.2) is 12.3 Å². The molecule has 0 aliphatic carbocycles. The smallest absolute Gasteiger partial charge is 0.363 e. The van der Waals surface area contributed by atoms with E-state index in [1.54, 1.807) is 43.4 Å². The van der Waals surface area contributed by atoms with Crippen LogP contribution in [0, 0.1) is 0 Å². The number of fused-ring (bicyclic) bond motifs is 6. The Morgan fingerprint density at radius 2 is 1.22 bits per heavy atom. The van der Waals surface area contributed by atoms with Gasteiger partial charge in [0.25, 0.3) is 42.2 Å². The minimum Gasteiger partial charge on any atom is -0.744 e. The average molecular weight is 1210 g/mol. The van der Waals surface area contributed by atoms with Crippen molar-refractivity contribution in [1.29, 1.82) is 0 Å². The molecule has 0 spiro atoms. The molecule has 0 saturated carbocycles. The van der Waals surface area contributed by atoms with E-state index in [1.807, 2.05) is 16.4 Å². The van der Waals surface area contributed by atoms with Crippen molar-refractivity contribution in [2.45, 2.75) is 69.9 Å². The molecule has 8 rings (SSSR count). The first-order valence-electron chi connectivity index (χ1n) is 25.0. The Bertz CT molecular complexity index is 4030. The summed E-state index contributed by atoms with van der Waals surface area (Å²) in [6.07, 6.45) is 6.61. The van der Waals surface area contributed by atoms with Gasteiger partial charge in [-0.05, 0) is 122 Å². The Balaban J connectivity index is 1.37. The van der Waals surface area contributed by atoms with Crippen LogP contribution in [0.2, 0.25) is 0 Å². The van der Waals surface area contributed by atoms with E-state index in [-0.39, 0.29) is 104 Å². The Labute approximate surface area is 472 Å². The molecule has 5 aromatic rings. The van der Waals surface area contributed by atoms with E-state index in [1.165, 1.54) is 64.8 Å².